The van der Waals surface area contributed by atoms with Crippen molar-refractivity contribution in [2.24, 2.45) is 0 Å². The molecule has 0 bridgehead atoms. The van der Waals surface area contributed by atoms with Gasteiger partial charge in [-0.2, -0.15) is 0 Å². The molecular weight excluding hydrogens is 235 g/mol. The van der Waals surface area contributed by atoms with Crippen molar-refractivity contribution in [3.63, 3.8) is 0 Å². The third-order valence-corrected chi connectivity index (χ3v) is 2.70. The smallest absolute Gasteiger partial charge is 0.303 e. The largest absolute Gasteiger partial charge is 0.481 e. The molecular formula is C11H12Cl2O2. The number of unbranched alkanes of at least 4 members (excludes halogenated alkanes) is 1. The number of hydrogen-bond donors (Lipinski definition) is 1. The van der Waals surface area contributed by atoms with Crippen molar-refractivity contribution >= 4 is 29.2 Å². The van der Waals surface area contributed by atoms with Gasteiger partial charge < -0.3 is 5.11 Å². The monoisotopic (exact) mass is 246 g/mol. The van der Waals surface area contributed by atoms with Gasteiger partial charge in [0.25, 0.3) is 0 Å². The summed E-state index contributed by atoms with van der Waals surface area (Å²) >= 11 is 11.8. The zero-order valence-electron chi connectivity index (χ0n) is 8.17. The normalized spacial score (nSPS) is 10.3. The number of aryl methyl sites for hydroxylation is 1. The lowest BCUT2D eigenvalue weighted by atomic mass is 10.1. The second-order valence-electron chi connectivity index (χ2n) is 3.34. The second-order valence-corrected chi connectivity index (χ2v) is 4.18. The third kappa shape index (κ3) is 4.54. The molecule has 0 unspecified atom stereocenters. The Morgan fingerprint density at radius 2 is 2.00 bits per heavy atom. The van der Waals surface area contributed by atoms with Crippen molar-refractivity contribution in [2.75, 3.05) is 0 Å². The molecule has 0 spiro atoms. The molecule has 0 radical (unpaired) electrons. The quantitative estimate of drug-likeness (QED) is 0.803. The fraction of sp³-hybridized carbons (Fsp3) is 0.364. The Morgan fingerprint density at radius 1 is 1.27 bits per heavy atom. The highest BCUT2D eigenvalue weighted by molar-refractivity contribution is 6.33. The molecule has 0 aliphatic carbocycles. The van der Waals surface area contributed by atoms with Crippen LogP contribution >= 0.6 is 23.2 Å². The van der Waals surface area contributed by atoms with Crippen molar-refractivity contribution in [3.05, 3.63) is 33.8 Å². The Balaban J connectivity index is 2.43. The topological polar surface area (TPSA) is 37.3 Å². The first kappa shape index (κ1) is 12.3. The maximum Gasteiger partial charge on any atom is 0.303 e. The van der Waals surface area contributed by atoms with E-state index in [1.165, 1.54) is 0 Å². The van der Waals surface area contributed by atoms with Gasteiger partial charge in [0.15, 0.2) is 0 Å². The number of benzene rings is 1. The van der Waals surface area contributed by atoms with Gasteiger partial charge in [-0.1, -0.05) is 23.2 Å². The minimum absolute atomic E-state index is 0.207. The van der Waals surface area contributed by atoms with Crippen LogP contribution in [0.4, 0.5) is 0 Å². The number of carboxylic acids is 1. The average molecular weight is 247 g/mol. The van der Waals surface area contributed by atoms with E-state index in [0.29, 0.717) is 16.5 Å². The van der Waals surface area contributed by atoms with E-state index in [0.717, 1.165) is 18.4 Å². The van der Waals surface area contributed by atoms with Gasteiger partial charge in [-0.05, 0) is 43.0 Å². The highest BCUT2D eigenvalue weighted by Crippen LogP contribution is 2.22. The number of hydrogen-bond acceptors (Lipinski definition) is 1. The van der Waals surface area contributed by atoms with Crippen LogP contribution in [0.5, 0.6) is 0 Å². The summed E-state index contributed by atoms with van der Waals surface area (Å²) < 4.78 is 0. The molecule has 4 heteroatoms. The lowest BCUT2D eigenvalue weighted by Crippen LogP contribution is -1.95. The zero-order valence-corrected chi connectivity index (χ0v) is 9.68. The molecule has 0 heterocycles. The summed E-state index contributed by atoms with van der Waals surface area (Å²) in [5, 5.41) is 9.81. The number of carboxylic acid groups (broad SMARTS) is 1. The molecule has 0 saturated heterocycles. The maximum absolute atomic E-state index is 10.3. The molecule has 0 fully saturated rings. The molecule has 0 aliphatic rings. The Hall–Kier alpha value is -0.730. The summed E-state index contributed by atoms with van der Waals surface area (Å²) in [7, 11) is 0. The van der Waals surface area contributed by atoms with Crippen LogP contribution in [-0.4, -0.2) is 11.1 Å². The number of aliphatic carboxylic acids is 1. The molecule has 0 atom stereocenters. The van der Waals surface area contributed by atoms with E-state index in [9.17, 15) is 4.79 Å². The number of carbonyl (C=O) groups is 1. The minimum atomic E-state index is -0.757. The van der Waals surface area contributed by atoms with Crippen molar-refractivity contribution in [1.82, 2.24) is 0 Å². The molecule has 1 rings (SSSR count). The van der Waals surface area contributed by atoms with E-state index in [-0.39, 0.29) is 6.42 Å². The summed E-state index contributed by atoms with van der Waals surface area (Å²) in [5.74, 6) is -0.757. The Kier molecular flexibility index (Phi) is 4.92. The van der Waals surface area contributed by atoms with Gasteiger partial charge in [-0.25, -0.2) is 0 Å². The molecule has 1 N–H and O–H groups in total. The SMILES string of the molecule is O=C(O)CCCCc1cc(Cl)ccc1Cl. The third-order valence-electron chi connectivity index (χ3n) is 2.09. The van der Waals surface area contributed by atoms with Crippen LogP contribution < -0.4 is 0 Å². The van der Waals surface area contributed by atoms with E-state index >= 15 is 0 Å². The second kappa shape index (κ2) is 5.99. The molecule has 0 aliphatic heterocycles. The van der Waals surface area contributed by atoms with Crippen LogP contribution in [0.1, 0.15) is 24.8 Å². The van der Waals surface area contributed by atoms with Crippen LogP contribution in [0.25, 0.3) is 0 Å². The molecule has 82 valence electrons. The summed E-state index contributed by atoms with van der Waals surface area (Å²) in [5.41, 5.74) is 0.981. The van der Waals surface area contributed by atoms with Crippen molar-refractivity contribution in [3.8, 4) is 0 Å². The fourth-order valence-corrected chi connectivity index (χ4v) is 1.73. The van der Waals surface area contributed by atoms with Crippen LogP contribution in [-0.2, 0) is 11.2 Å². The van der Waals surface area contributed by atoms with Crippen LogP contribution in [0, 0.1) is 0 Å². The van der Waals surface area contributed by atoms with Crippen molar-refractivity contribution in [2.45, 2.75) is 25.7 Å². The molecule has 0 amide bonds. The average Bonchev–Trinajstić information content (AvgIpc) is 2.17. The van der Waals surface area contributed by atoms with Crippen LogP contribution in [0.15, 0.2) is 18.2 Å². The predicted molar refractivity (Wildman–Crippen MR) is 61.7 cm³/mol. The van der Waals surface area contributed by atoms with Gasteiger partial charge >= 0.3 is 5.97 Å². The fourth-order valence-electron chi connectivity index (χ4n) is 1.33. The van der Waals surface area contributed by atoms with E-state index in [1.54, 1.807) is 12.1 Å². The van der Waals surface area contributed by atoms with Gasteiger partial charge in [0, 0.05) is 16.5 Å². The van der Waals surface area contributed by atoms with Gasteiger partial charge in [-0.15, -0.1) is 0 Å². The number of rotatable bonds is 5. The van der Waals surface area contributed by atoms with Gasteiger partial charge in [0.05, 0.1) is 0 Å². The zero-order chi connectivity index (χ0) is 11.3. The summed E-state index contributed by atoms with van der Waals surface area (Å²) in [6, 6.07) is 5.33. The van der Waals surface area contributed by atoms with Crippen LogP contribution in [0.3, 0.4) is 0 Å². The lowest BCUT2D eigenvalue weighted by Gasteiger charge is -2.03. The molecule has 1 aromatic carbocycles. The highest BCUT2D eigenvalue weighted by atomic mass is 35.5. The molecule has 0 aromatic heterocycles. The first-order valence-electron chi connectivity index (χ1n) is 4.75. The molecule has 0 saturated carbocycles. The van der Waals surface area contributed by atoms with E-state index in [1.807, 2.05) is 6.07 Å². The van der Waals surface area contributed by atoms with Crippen molar-refractivity contribution < 1.29 is 9.90 Å². The minimum Gasteiger partial charge on any atom is -0.481 e. The molecule has 15 heavy (non-hydrogen) atoms. The summed E-state index contributed by atoms with van der Waals surface area (Å²) in [4.78, 5) is 10.3. The highest BCUT2D eigenvalue weighted by Gasteiger charge is 2.02. The first-order valence-corrected chi connectivity index (χ1v) is 5.51. The van der Waals surface area contributed by atoms with Gasteiger partial charge in [-0.3, -0.25) is 4.79 Å². The standard InChI is InChI=1S/C11H12Cl2O2/c12-9-5-6-10(13)8(7-9)3-1-2-4-11(14)15/h5-7H,1-4H2,(H,14,15). The Labute approximate surface area is 98.8 Å². The first-order chi connectivity index (χ1) is 7.09. The Morgan fingerprint density at radius 3 is 2.67 bits per heavy atom. The maximum atomic E-state index is 10.3. The summed E-state index contributed by atoms with van der Waals surface area (Å²) in [6.45, 7) is 0. The molecule has 1 aromatic rings. The van der Waals surface area contributed by atoms with Gasteiger partial charge in [0.1, 0.15) is 0 Å². The summed E-state index contributed by atoms with van der Waals surface area (Å²) in [6.07, 6.45) is 2.45. The molecule has 2 nitrogen and oxygen atoms in total. The van der Waals surface area contributed by atoms with Gasteiger partial charge in [0.2, 0.25) is 0 Å². The van der Waals surface area contributed by atoms with Crippen molar-refractivity contribution in [1.29, 1.82) is 0 Å². The van der Waals surface area contributed by atoms with E-state index < -0.39 is 5.97 Å². The van der Waals surface area contributed by atoms with E-state index in [2.05, 4.69) is 0 Å². The number of halogens is 2. The van der Waals surface area contributed by atoms with E-state index in [4.69, 9.17) is 28.3 Å². The van der Waals surface area contributed by atoms with Crippen LogP contribution in [0.2, 0.25) is 10.0 Å². The Bertz CT molecular complexity index is 350. The lowest BCUT2D eigenvalue weighted by molar-refractivity contribution is -0.137. The predicted octanol–water partition coefficient (Wildman–Crippen LogP) is 3.79.